The molecule has 0 spiro atoms. The van der Waals surface area contributed by atoms with E-state index >= 15 is 0 Å². The molecule has 1 unspecified atom stereocenters. The molecule has 2 rings (SSSR count). The predicted octanol–water partition coefficient (Wildman–Crippen LogP) is -0.173. The summed E-state index contributed by atoms with van der Waals surface area (Å²) in [5, 5.41) is 2.77. The van der Waals surface area contributed by atoms with Crippen molar-refractivity contribution in [3.63, 3.8) is 0 Å². The van der Waals surface area contributed by atoms with Crippen molar-refractivity contribution >= 4 is 17.6 Å². The first kappa shape index (κ1) is 17.9. The Hall–Kier alpha value is -1.47. The highest BCUT2D eigenvalue weighted by Crippen LogP contribution is 2.22. The smallest absolute Gasteiger partial charge is 0.223 e. The number of ether oxygens (including phenoxy) is 1. The number of nitrogens with zero attached hydrogens (tertiary/aromatic N) is 1. The summed E-state index contributed by atoms with van der Waals surface area (Å²) in [7, 11) is 0. The second-order valence-corrected chi connectivity index (χ2v) is 7.12. The van der Waals surface area contributed by atoms with Crippen LogP contribution in [-0.2, 0) is 19.1 Å². The molecule has 2 heterocycles. The van der Waals surface area contributed by atoms with Crippen molar-refractivity contribution in [3.8, 4) is 0 Å². The number of Topliss-reactive ketones (excluding diaryl/α,β-unsaturated/α-hetero) is 1. The predicted molar refractivity (Wildman–Crippen MR) is 84.6 cm³/mol. The second kappa shape index (κ2) is 7.40. The van der Waals surface area contributed by atoms with Crippen molar-refractivity contribution in [2.45, 2.75) is 51.7 Å². The summed E-state index contributed by atoms with van der Waals surface area (Å²) in [6.07, 6.45) is 2.57. The van der Waals surface area contributed by atoms with Gasteiger partial charge in [0.1, 0.15) is 12.6 Å². The van der Waals surface area contributed by atoms with E-state index in [0.29, 0.717) is 13.0 Å². The zero-order valence-corrected chi connectivity index (χ0v) is 14.0. The van der Waals surface area contributed by atoms with Gasteiger partial charge in [0.05, 0.1) is 6.10 Å². The highest BCUT2D eigenvalue weighted by molar-refractivity contribution is 5.92. The van der Waals surface area contributed by atoms with Crippen molar-refractivity contribution in [1.82, 2.24) is 10.2 Å². The Balaban J connectivity index is 1.84. The Morgan fingerprint density at radius 3 is 2.61 bits per heavy atom. The van der Waals surface area contributed by atoms with Gasteiger partial charge in [-0.1, -0.05) is 13.8 Å². The van der Waals surface area contributed by atoms with Crippen LogP contribution in [0.4, 0.5) is 0 Å². The molecule has 0 radical (unpaired) electrons. The number of carbonyl (C=O) groups is 3. The van der Waals surface area contributed by atoms with Gasteiger partial charge >= 0.3 is 0 Å². The first-order valence-corrected chi connectivity index (χ1v) is 8.25. The number of likely N-dealkylation sites (tertiary alicyclic amines) is 1. The summed E-state index contributed by atoms with van der Waals surface area (Å²) in [4.78, 5) is 37.6. The van der Waals surface area contributed by atoms with E-state index in [1.807, 2.05) is 0 Å². The number of nitrogens with two attached hydrogens (primary N) is 1. The number of ketones is 1. The fourth-order valence-electron chi connectivity index (χ4n) is 2.93. The zero-order chi connectivity index (χ0) is 17.0. The normalized spacial score (nSPS) is 25.7. The number of amides is 2. The number of hydrogen-bond donors (Lipinski definition) is 2. The van der Waals surface area contributed by atoms with Crippen LogP contribution in [0.25, 0.3) is 0 Å². The van der Waals surface area contributed by atoms with Gasteiger partial charge in [0.25, 0.3) is 0 Å². The quantitative estimate of drug-likeness (QED) is 0.676. The maximum absolute atomic E-state index is 12.1. The summed E-state index contributed by atoms with van der Waals surface area (Å²) in [6, 6.07) is -0.584. The van der Waals surface area contributed by atoms with Crippen LogP contribution in [0.3, 0.4) is 0 Å². The molecule has 2 saturated heterocycles. The van der Waals surface area contributed by atoms with E-state index in [2.05, 4.69) is 10.2 Å². The molecule has 130 valence electrons. The molecule has 0 aromatic rings. The first-order valence-electron chi connectivity index (χ1n) is 8.25. The number of carbonyl (C=O) groups excluding carboxylic acids is 3. The molecular weight excluding hydrogens is 298 g/mol. The highest BCUT2D eigenvalue weighted by Gasteiger charge is 2.38. The lowest BCUT2D eigenvalue weighted by atomic mass is 9.87. The molecule has 2 aliphatic rings. The molecule has 0 aliphatic carbocycles. The minimum Gasteiger partial charge on any atom is -0.369 e. The van der Waals surface area contributed by atoms with Crippen LogP contribution < -0.4 is 11.1 Å². The maximum Gasteiger partial charge on any atom is 0.223 e. The van der Waals surface area contributed by atoms with Gasteiger partial charge < -0.3 is 20.7 Å². The number of hydrogen-bond acceptors (Lipinski definition) is 5. The largest absolute Gasteiger partial charge is 0.369 e. The fourth-order valence-corrected chi connectivity index (χ4v) is 2.93. The monoisotopic (exact) mass is 325 g/mol. The van der Waals surface area contributed by atoms with Gasteiger partial charge in [-0.2, -0.15) is 0 Å². The fraction of sp³-hybridized carbons (Fsp3) is 0.812. The third-order valence-electron chi connectivity index (χ3n) is 4.76. The van der Waals surface area contributed by atoms with Crippen molar-refractivity contribution in [2.24, 2.45) is 11.1 Å². The van der Waals surface area contributed by atoms with E-state index in [4.69, 9.17) is 10.5 Å². The zero-order valence-electron chi connectivity index (χ0n) is 14.0. The topological polar surface area (TPSA) is 102 Å². The third-order valence-corrected chi connectivity index (χ3v) is 4.76. The van der Waals surface area contributed by atoms with Gasteiger partial charge in [0.15, 0.2) is 5.78 Å². The van der Waals surface area contributed by atoms with E-state index < -0.39 is 17.4 Å². The summed E-state index contributed by atoms with van der Waals surface area (Å²) in [6.45, 7) is 6.17. The van der Waals surface area contributed by atoms with E-state index in [1.54, 1.807) is 13.8 Å². The van der Waals surface area contributed by atoms with Crippen LogP contribution in [0, 0.1) is 5.41 Å². The van der Waals surface area contributed by atoms with E-state index in [-0.39, 0.29) is 30.8 Å². The number of nitrogens with one attached hydrogen (secondary N) is 1. The molecular formula is C16H27N3O4. The van der Waals surface area contributed by atoms with Gasteiger partial charge in [0.2, 0.25) is 11.8 Å². The van der Waals surface area contributed by atoms with Crippen LogP contribution in [0.1, 0.15) is 39.5 Å². The molecule has 2 aliphatic heterocycles. The lowest BCUT2D eigenvalue weighted by molar-refractivity contribution is -0.129. The molecule has 7 heteroatoms. The first-order chi connectivity index (χ1) is 10.8. The van der Waals surface area contributed by atoms with E-state index in [0.717, 1.165) is 13.1 Å². The molecule has 0 saturated carbocycles. The van der Waals surface area contributed by atoms with Crippen LogP contribution in [0.5, 0.6) is 0 Å². The van der Waals surface area contributed by atoms with Crippen molar-refractivity contribution < 1.29 is 19.1 Å². The summed E-state index contributed by atoms with van der Waals surface area (Å²) < 4.78 is 5.54. The van der Waals surface area contributed by atoms with Crippen molar-refractivity contribution in [2.75, 3.05) is 26.2 Å². The Bertz CT molecular complexity index is 472. The lowest BCUT2D eigenvalue weighted by Gasteiger charge is -2.24. The van der Waals surface area contributed by atoms with Crippen LogP contribution in [0.2, 0.25) is 0 Å². The van der Waals surface area contributed by atoms with Crippen LogP contribution >= 0.6 is 0 Å². The van der Waals surface area contributed by atoms with Crippen LogP contribution in [-0.4, -0.2) is 60.9 Å². The molecule has 2 atom stereocenters. The Kier molecular flexibility index (Phi) is 5.75. The average molecular weight is 325 g/mol. The standard InChI is InChI=1S/C16H27N3O4/c1-16(2,15(17)22)6-5-13(21)18-14-11(20)10-23-12(14)9-19-7-3-4-8-19/h12,14H,3-10H2,1-2H3,(H2,17,22)(H,18,21)/t12-,14?/m0/s1. The molecule has 2 amide bonds. The van der Waals surface area contributed by atoms with Gasteiger partial charge in [0, 0.05) is 18.4 Å². The van der Waals surface area contributed by atoms with Gasteiger partial charge in [-0.15, -0.1) is 0 Å². The summed E-state index contributed by atoms with van der Waals surface area (Å²) >= 11 is 0. The number of primary amides is 1. The molecule has 0 aromatic heterocycles. The minimum absolute atomic E-state index is 0.0518. The van der Waals surface area contributed by atoms with Crippen molar-refractivity contribution in [3.05, 3.63) is 0 Å². The molecule has 3 N–H and O–H groups in total. The SMILES string of the molecule is CC(C)(CCC(=O)NC1C(=O)CO[C@H]1CN1CCCC1)C(N)=O. The average Bonchev–Trinajstić information content (AvgIpc) is 3.10. The third kappa shape index (κ3) is 4.75. The van der Waals surface area contributed by atoms with Gasteiger partial charge in [-0.3, -0.25) is 14.4 Å². The lowest BCUT2D eigenvalue weighted by Crippen LogP contribution is -2.48. The van der Waals surface area contributed by atoms with Crippen molar-refractivity contribution in [1.29, 1.82) is 0 Å². The Labute approximate surface area is 136 Å². The van der Waals surface area contributed by atoms with Gasteiger partial charge in [-0.05, 0) is 32.4 Å². The molecule has 2 fully saturated rings. The van der Waals surface area contributed by atoms with Crippen LogP contribution in [0.15, 0.2) is 0 Å². The van der Waals surface area contributed by atoms with Gasteiger partial charge in [-0.25, -0.2) is 0 Å². The Morgan fingerprint density at radius 2 is 2.00 bits per heavy atom. The molecule has 0 aromatic carbocycles. The molecule has 0 bridgehead atoms. The summed E-state index contributed by atoms with van der Waals surface area (Å²) in [5.41, 5.74) is 4.57. The van der Waals surface area contributed by atoms with E-state index in [9.17, 15) is 14.4 Å². The Morgan fingerprint density at radius 1 is 1.35 bits per heavy atom. The number of rotatable bonds is 7. The molecule has 7 nitrogen and oxygen atoms in total. The summed E-state index contributed by atoms with van der Waals surface area (Å²) in [5.74, 6) is -0.760. The highest BCUT2D eigenvalue weighted by atomic mass is 16.5. The second-order valence-electron chi connectivity index (χ2n) is 7.12. The maximum atomic E-state index is 12.1. The minimum atomic E-state index is -0.734. The molecule has 23 heavy (non-hydrogen) atoms. The van der Waals surface area contributed by atoms with E-state index in [1.165, 1.54) is 12.8 Å².